The lowest BCUT2D eigenvalue weighted by Crippen LogP contribution is -2.46. The molecule has 1 aromatic carbocycles. The molecule has 1 aliphatic heterocycles. The predicted molar refractivity (Wildman–Crippen MR) is 95.6 cm³/mol. The highest BCUT2D eigenvalue weighted by molar-refractivity contribution is 5.87. The molecule has 23 heavy (non-hydrogen) atoms. The Hall–Kier alpha value is -2.40. The molecule has 1 N–H and O–H groups in total. The molecule has 1 fully saturated rings. The average Bonchev–Trinajstić information content (AvgIpc) is 3.08. The molecule has 1 aliphatic rings. The van der Waals surface area contributed by atoms with Crippen molar-refractivity contribution in [2.75, 3.05) is 37.6 Å². The van der Waals surface area contributed by atoms with E-state index in [4.69, 9.17) is 0 Å². The topological polar surface area (TPSA) is 48.0 Å². The molecule has 0 atom stereocenters. The van der Waals surface area contributed by atoms with Gasteiger partial charge >= 0.3 is 0 Å². The van der Waals surface area contributed by atoms with Crippen LogP contribution in [0.25, 0.3) is 11.0 Å². The molecule has 2 heterocycles. The van der Waals surface area contributed by atoms with Crippen LogP contribution in [-0.4, -0.2) is 53.0 Å². The van der Waals surface area contributed by atoms with Crippen LogP contribution in [0, 0.1) is 0 Å². The van der Waals surface area contributed by atoms with E-state index < -0.39 is 0 Å². The Bertz CT molecular complexity index is 722. The van der Waals surface area contributed by atoms with Gasteiger partial charge in [-0.1, -0.05) is 31.9 Å². The third-order valence-electron chi connectivity index (χ3n) is 4.47. The van der Waals surface area contributed by atoms with Crippen molar-refractivity contribution >= 4 is 16.7 Å². The molecule has 0 saturated carbocycles. The Labute approximate surface area is 137 Å². The van der Waals surface area contributed by atoms with Crippen molar-refractivity contribution in [3.8, 4) is 0 Å². The number of anilines is 1. The minimum atomic E-state index is 0.921. The van der Waals surface area contributed by atoms with Crippen LogP contribution in [0.2, 0.25) is 0 Å². The fourth-order valence-corrected chi connectivity index (χ4v) is 2.92. The van der Waals surface area contributed by atoms with Crippen molar-refractivity contribution in [3.63, 3.8) is 0 Å². The molecule has 0 bridgehead atoms. The molecule has 0 radical (unpaired) electrons. The van der Waals surface area contributed by atoms with Gasteiger partial charge < -0.3 is 4.90 Å². The van der Waals surface area contributed by atoms with Crippen LogP contribution < -0.4 is 4.90 Å². The van der Waals surface area contributed by atoms with Gasteiger partial charge in [0.05, 0.1) is 5.69 Å². The van der Waals surface area contributed by atoms with Crippen LogP contribution in [-0.2, 0) is 0 Å². The van der Waals surface area contributed by atoms with Crippen molar-refractivity contribution < 1.29 is 0 Å². The van der Waals surface area contributed by atoms with E-state index in [0.717, 1.165) is 61.3 Å². The van der Waals surface area contributed by atoms with Crippen LogP contribution in [0.4, 0.5) is 5.69 Å². The summed E-state index contributed by atoms with van der Waals surface area (Å²) >= 11 is 0. The summed E-state index contributed by atoms with van der Waals surface area (Å²) in [4.78, 5) is 4.86. The van der Waals surface area contributed by atoms with Crippen molar-refractivity contribution in [2.45, 2.75) is 6.42 Å². The first-order chi connectivity index (χ1) is 11.2. The largest absolute Gasteiger partial charge is 0.367 e. The number of H-pyrrole nitrogens is 1. The first kappa shape index (κ1) is 15.5. The SMILES string of the molecule is C=CC(=C)C(=C)CCN1CCN(c2cccc3n[nH]nc23)CC1. The van der Waals surface area contributed by atoms with Gasteiger partial charge in [-0.2, -0.15) is 15.4 Å². The quantitative estimate of drug-likeness (QED) is 0.834. The van der Waals surface area contributed by atoms with E-state index in [9.17, 15) is 0 Å². The lowest BCUT2D eigenvalue weighted by Gasteiger charge is -2.36. The average molecular weight is 309 g/mol. The van der Waals surface area contributed by atoms with Gasteiger partial charge in [-0.15, -0.1) is 0 Å². The first-order valence-corrected chi connectivity index (χ1v) is 7.95. The minimum absolute atomic E-state index is 0.921. The third kappa shape index (κ3) is 3.35. The molecular formula is C18H23N5. The van der Waals surface area contributed by atoms with Gasteiger partial charge in [0.2, 0.25) is 0 Å². The predicted octanol–water partition coefficient (Wildman–Crippen LogP) is 2.77. The van der Waals surface area contributed by atoms with Gasteiger partial charge in [0.15, 0.2) is 0 Å². The van der Waals surface area contributed by atoms with Crippen molar-refractivity contribution in [3.05, 3.63) is 55.2 Å². The molecule has 0 aliphatic carbocycles. The number of aromatic nitrogens is 3. The summed E-state index contributed by atoms with van der Waals surface area (Å²) in [5.74, 6) is 0. The van der Waals surface area contributed by atoms with E-state index in [-0.39, 0.29) is 0 Å². The Morgan fingerprint density at radius 3 is 2.70 bits per heavy atom. The van der Waals surface area contributed by atoms with Crippen molar-refractivity contribution in [1.29, 1.82) is 0 Å². The number of fused-ring (bicyclic) bond motifs is 1. The first-order valence-electron chi connectivity index (χ1n) is 7.95. The summed E-state index contributed by atoms with van der Waals surface area (Å²) < 4.78 is 0. The normalized spacial score (nSPS) is 15.7. The van der Waals surface area contributed by atoms with Crippen LogP contribution in [0.15, 0.2) is 55.2 Å². The number of aromatic amines is 1. The molecule has 5 heteroatoms. The summed E-state index contributed by atoms with van der Waals surface area (Å²) in [5, 5.41) is 11.2. The molecule has 3 rings (SSSR count). The Balaban J connectivity index is 1.56. The van der Waals surface area contributed by atoms with Crippen LogP contribution >= 0.6 is 0 Å². The van der Waals surface area contributed by atoms with Gasteiger partial charge in [-0.25, -0.2) is 0 Å². The van der Waals surface area contributed by atoms with Crippen LogP contribution in [0.5, 0.6) is 0 Å². The summed E-state index contributed by atoms with van der Waals surface area (Å²) in [6.07, 6.45) is 2.72. The Morgan fingerprint density at radius 1 is 1.17 bits per heavy atom. The number of rotatable bonds is 6. The van der Waals surface area contributed by atoms with E-state index in [1.807, 2.05) is 12.1 Å². The van der Waals surface area contributed by atoms with Crippen LogP contribution in [0.1, 0.15) is 6.42 Å². The molecule has 0 unspecified atom stereocenters. The number of nitrogens with zero attached hydrogens (tertiary/aromatic N) is 4. The van der Waals surface area contributed by atoms with E-state index >= 15 is 0 Å². The Morgan fingerprint density at radius 2 is 1.96 bits per heavy atom. The maximum Gasteiger partial charge on any atom is 0.136 e. The molecule has 5 nitrogen and oxygen atoms in total. The standard InChI is InChI=1S/C18H23N5/c1-4-14(2)15(3)8-9-22-10-12-23(13-11-22)17-7-5-6-16-18(17)20-21-19-16/h4-7H,1-3,8-13H2,(H,19,20,21). The minimum Gasteiger partial charge on any atom is -0.367 e. The number of piperazine rings is 1. The smallest absolute Gasteiger partial charge is 0.136 e. The van der Waals surface area contributed by atoms with Crippen molar-refractivity contribution in [2.24, 2.45) is 0 Å². The highest BCUT2D eigenvalue weighted by Gasteiger charge is 2.19. The van der Waals surface area contributed by atoms with E-state index in [0.29, 0.717) is 0 Å². The summed E-state index contributed by atoms with van der Waals surface area (Å²) in [6.45, 7) is 16.9. The second kappa shape index (κ2) is 6.79. The maximum absolute atomic E-state index is 4.28. The molecule has 1 saturated heterocycles. The molecule has 0 amide bonds. The highest BCUT2D eigenvalue weighted by atomic mass is 15.3. The summed E-state index contributed by atoms with van der Waals surface area (Å²) in [7, 11) is 0. The van der Waals surface area contributed by atoms with E-state index in [1.165, 1.54) is 5.69 Å². The highest BCUT2D eigenvalue weighted by Crippen LogP contribution is 2.24. The Kier molecular flexibility index (Phi) is 4.57. The monoisotopic (exact) mass is 309 g/mol. The van der Waals surface area contributed by atoms with Gasteiger partial charge in [0, 0.05) is 32.7 Å². The zero-order valence-electron chi connectivity index (χ0n) is 13.5. The van der Waals surface area contributed by atoms with Crippen LogP contribution in [0.3, 0.4) is 0 Å². The molecule has 120 valence electrons. The lowest BCUT2D eigenvalue weighted by atomic mass is 10.1. The van der Waals surface area contributed by atoms with Crippen molar-refractivity contribution in [1.82, 2.24) is 20.3 Å². The second-order valence-electron chi connectivity index (χ2n) is 5.88. The number of hydrogen-bond donors (Lipinski definition) is 1. The fraction of sp³-hybridized carbons (Fsp3) is 0.333. The molecule has 2 aromatic rings. The van der Waals surface area contributed by atoms with Gasteiger partial charge in [-0.3, -0.25) is 4.90 Å². The third-order valence-corrected chi connectivity index (χ3v) is 4.47. The maximum atomic E-state index is 4.28. The number of allylic oxidation sites excluding steroid dienone is 2. The zero-order valence-corrected chi connectivity index (χ0v) is 13.5. The van der Waals surface area contributed by atoms with E-state index in [2.05, 4.69) is 51.0 Å². The van der Waals surface area contributed by atoms with Gasteiger partial charge in [0.1, 0.15) is 11.0 Å². The molecule has 0 spiro atoms. The van der Waals surface area contributed by atoms with E-state index in [1.54, 1.807) is 6.08 Å². The number of para-hydroxylation sites is 1. The second-order valence-corrected chi connectivity index (χ2v) is 5.88. The number of hydrogen-bond acceptors (Lipinski definition) is 4. The number of nitrogens with one attached hydrogen (secondary N) is 1. The lowest BCUT2D eigenvalue weighted by molar-refractivity contribution is 0.261. The zero-order chi connectivity index (χ0) is 16.2. The van der Waals surface area contributed by atoms with Gasteiger partial charge in [-0.05, 0) is 29.7 Å². The molecular weight excluding hydrogens is 286 g/mol. The fourth-order valence-electron chi connectivity index (χ4n) is 2.92. The number of benzene rings is 1. The molecule has 1 aromatic heterocycles. The summed E-state index contributed by atoms with van der Waals surface area (Å²) in [6, 6.07) is 6.14. The van der Waals surface area contributed by atoms with Gasteiger partial charge in [0.25, 0.3) is 0 Å². The summed E-state index contributed by atoms with van der Waals surface area (Å²) in [5.41, 5.74) is 5.07.